The van der Waals surface area contributed by atoms with Crippen LogP contribution in [0.3, 0.4) is 0 Å². The second-order valence-corrected chi connectivity index (χ2v) is 29.9. The molecule has 115 heavy (non-hydrogen) atoms. The third kappa shape index (κ3) is 23.4. The van der Waals surface area contributed by atoms with Crippen LogP contribution in [0.2, 0.25) is 0 Å². The Bertz CT molecular complexity index is 4340. The van der Waals surface area contributed by atoms with Crippen molar-refractivity contribution in [3.63, 3.8) is 0 Å². The fourth-order valence-corrected chi connectivity index (χ4v) is 16.0. The summed E-state index contributed by atoms with van der Waals surface area (Å²) in [5.74, 6) is -2.77. The molecule has 0 spiro atoms. The average Bonchev–Trinajstić information content (AvgIpc) is 1.81. The van der Waals surface area contributed by atoms with E-state index >= 15 is 4.39 Å². The Morgan fingerprint density at radius 2 is 0.930 bits per heavy atom. The fraction of sp³-hybridized carbons (Fsp3) is 0.466. The molecule has 17 rings (SSSR count). The second-order valence-electron chi connectivity index (χ2n) is 29.9. The molecule has 0 saturated carbocycles. The number of ether oxygens (including phenoxy) is 4. The average molecular weight is 1580 g/mol. The lowest BCUT2D eigenvalue weighted by Gasteiger charge is -2.30. The molecule has 9 aliphatic rings. The Morgan fingerprint density at radius 3 is 1.37 bits per heavy atom. The van der Waals surface area contributed by atoms with Crippen LogP contribution < -0.4 is 14.8 Å². The predicted molar refractivity (Wildman–Crippen MR) is 419 cm³/mol. The van der Waals surface area contributed by atoms with Crippen molar-refractivity contribution >= 4 is 30.1 Å². The zero-order valence-electron chi connectivity index (χ0n) is 64.1. The van der Waals surface area contributed by atoms with E-state index in [9.17, 15) is 48.1 Å². The van der Waals surface area contributed by atoms with Gasteiger partial charge in [0.05, 0.1) is 25.3 Å². The van der Waals surface area contributed by atoms with Gasteiger partial charge in [-0.1, -0.05) is 56.0 Å². The molecule has 27 heteroatoms. The first-order valence-corrected chi connectivity index (χ1v) is 39.2. The first kappa shape index (κ1) is 86.9. The molecular weight excluding hydrogens is 1480 g/mol. The van der Waals surface area contributed by atoms with Gasteiger partial charge in [0.15, 0.2) is 23.8 Å². The topological polar surface area (TPSA) is 353 Å². The van der Waals surface area contributed by atoms with Gasteiger partial charge in [-0.2, -0.15) is 5.26 Å². The van der Waals surface area contributed by atoms with E-state index in [1.165, 1.54) is 22.4 Å². The highest BCUT2D eigenvalue weighted by atomic mass is 19.1. The monoisotopic (exact) mass is 1580 g/mol. The molecule has 1 fully saturated rings. The molecule has 12 unspecified atom stereocenters. The standard InChI is InChI=1S/C25H30FN3O4.C12H14FNO2.C12H15NO3.C10H10FNO2.C10H10N2O.C9H11NO.C9H9NO.CH4/c26-23(18-12-16-4-3-7-27-19(16)13-18)25(31)28-20(15-29-8-1-2-9-29)24(30)17-5-6-21-22(14-17)33-11-10-32-21;1-2-16-12(15)11(13)9-6-8-4-3-5-14-10(8)7-9;1-2-16-12(15)11(14)9-6-8-4-3-5-13-10(8)7-9;11-9(10(13)14)7-4-6-2-1-3-12-8(6)5-7;11-6-10(13)8-4-7-2-1-3-12-9(7)5-8;2*11-6-7-4-8-2-1-3-10-9(8)5-7;/h3-7,14,18,20,23-24,30H,1-2,8-13,15H2,(H,28,31);3-5,9,11H,2,6-7H2,1H3;3-5,9,11,14H,2,6-7H2,1H3;1-3,7,9H,4-5H2,(H,13,14);1-3,8,10,13H,4-5H2;1-3,7,11H,4-6H2;1-3,6-7H,4-5H2;1H4/t18?,20-,23?,24-;;;;;;;/m1......./s1. The van der Waals surface area contributed by atoms with Crippen LogP contribution in [0.15, 0.2) is 147 Å². The van der Waals surface area contributed by atoms with Gasteiger partial charge in [-0.3, -0.25) is 39.7 Å². The van der Waals surface area contributed by atoms with E-state index in [0.717, 1.165) is 127 Å². The number of benzene rings is 1. The number of aliphatic carboxylic acids is 1. The lowest BCUT2D eigenvalue weighted by molar-refractivity contribution is -0.156. The van der Waals surface area contributed by atoms with Crippen LogP contribution in [-0.2, 0) is 123 Å². The van der Waals surface area contributed by atoms with E-state index in [1.54, 1.807) is 75.3 Å². The number of nitrogens with one attached hydrogen (secondary N) is 1. The number of esters is 2. The van der Waals surface area contributed by atoms with E-state index in [1.807, 2.05) is 85.1 Å². The molecule has 2 aliphatic heterocycles. The molecule has 1 saturated heterocycles. The van der Waals surface area contributed by atoms with Crippen LogP contribution in [-0.4, -0.2) is 185 Å². The van der Waals surface area contributed by atoms with Crippen molar-refractivity contribution in [2.75, 3.05) is 52.7 Å². The Kier molecular flexibility index (Phi) is 32.3. The number of aromatic nitrogens is 7. The summed E-state index contributed by atoms with van der Waals surface area (Å²) in [6.07, 6.45) is 16.9. The number of carboxylic acid groups (broad SMARTS) is 1. The van der Waals surface area contributed by atoms with Crippen LogP contribution in [0.5, 0.6) is 11.5 Å². The number of carbonyl (C=O) groups is 5. The summed E-state index contributed by atoms with van der Waals surface area (Å²) in [5, 5.41) is 59.2. The Balaban J connectivity index is 0.000000148. The fourth-order valence-electron chi connectivity index (χ4n) is 16.0. The number of rotatable bonds is 18. The molecule has 610 valence electrons. The van der Waals surface area contributed by atoms with Gasteiger partial charge in [-0.15, -0.1) is 0 Å². The minimum absolute atomic E-state index is 0. The Morgan fingerprint density at radius 1 is 0.530 bits per heavy atom. The summed E-state index contributed by atoms with van der Waals surface area (Å²) in [6.45, 7) is 7.42. The molecule has 7 aliphatic carbocycles. The Labute approximate surface area is 668 Å². The number of nitrogens with zero attached hydrogens (tertiary/aromatic N) is 9. The van der Waals surface area contributed by atoms with Gasteiger partial charge in [0.25, 0.3) is 5.91 Å². The number of likely N-dealkylation sites (tertiary alicyclic amines) is 1. The maximum absolute atomic E-state index is 15.3. The highest BCUT2D eigenvalue weighted by Gasteiger charge is 2.40. The summed E-state index contributed by atoms with van der Waals surface area (Å²) < 4.78 is 62.9. The van der Waals surface area contributed by atoms with Crippen LogP contribution in [0.1, 0.15) is 125 Å². The molecule has 14 atom stereocenters. The molecular formula is C88H103F3N10O14. The quantitative estimate of drug-likeness (QED) is 0.0265. The number of hydrogen-bond acceptors (Lipinski definition) is 22. The number of hydrogen-bond donors (Lipinski definition) is 6. The van der Waals surface area contributed by atoms with Crippen molar-refractivity contribution in [3.8, 4) is 17.6 Å². The second kappa shape index (κ2) is 42.7. The third-order valence-electron chi connectivity index (χ3n) is 22.0. The summed E-state index contributed by atoms with van der Waals surface area (Å²) in [5.41, 5.74) is 15.4. The number of halogens is 3. The van der Waals surface area contributed by atoms with Crippen molar-refractivity contribution in [3.05, 3.63) is 231 Å². The maximum atomic E-state index is 15.3. The molecule has 8 aromatic rings. The molecule has 1 amide bonds. The van der Waals surface area contributed by atoms with Crippen molar-refractivity contribution in [1.82, 2.24) is 45.1 Å². The molecule has 0 bridgehead atoms. The molecule has 7 aromatic heterocycles. The summed E-state index contributed by atoms with van der Waals surface area (Å²) >= 11 is 0. The molecule has 6 N–H and O–H groups in total. The highest BCUT2D eigenvalue weighted by Crippen LogP contribution is 2.37. The van der Waals surface area contributed by atoms with Gasteiger partial charge < -0.3 is 59.5 Å². The van der Waals surface area contributed by atoms with Crippen molar-refractivity contribution in [2.45, 2.75) is 167 Å². The first-order chi connectivity index (χ1) is 55.3. The van der Waals surface area contributed by atoms with Crippen molar-refractivity contribution in [1.29, 1.82) is 5.26 Å². The van der Waals surface area contributed by atoms with E-state index in [2.05, 4.69) is 55.9 Å². The number of pyridine rings is 7. The zero-order chi connectivity index (χ0) is 80.6. The normalized spacial score (nSPS) is 21.3. The van der Waals surface area contributed by atoms with Gasteiger partial charge in [-0.25, -0.2) is 27.6 Å². The summed E-state index contributed by atoms with van der Waals surface area (Å²) in [6, 6.07) is 33.5. The van der Waals surface area contributed by atoms with Crippen LogP contribution >= 0.6 is 0 Å². The molecule has 1 aromatic carbocycles. The maximum Gasteiger partial charge on any atom is 0.341 e. The van der Waals surface area contributed by atoms with E-state index < -0.39 is 78.5 Å². The Hall–Kier alpha value is -10.5. The van der Waals surface area contributed by atoms with E-state index in [-0.39, 0.29) is 44.3 Å². The molecule has 9 heterocycles. The van der Waals surface area contributed by atoms with Crippen LogP contribution in [0, 0.1) is 52.8 Å². The molecule has 0 radical (unpaired) electrons. The van der Waals surface area contributed by atoms with Crippen LogP contribution in [0.4, 0.5) is 13.2 Å². The summed E-state index contributed by atoms with van der Waals surface area (Å²) in [4.78, 5) is 88.2. The van der Waals surface area contributed by atoms with Gasteiger partial charge in [-0.05, 0) is 235 Å². The van der Waals surface area contributed by atoms with Crippen molar-refractivity contribution in [2.24, 2.45) is 41.4 Å². The smallest absolute Gasteiger partial charge is 0.341 e. The first-order valence-electron chi connectivity index (χ1n) is 39.2. The lowest BCUT2D eigenvalue weighted by atomic mass is 9.97. The minimum Gasteiger partial charge on any atom is -0.486 e. The number of aliphatic hydroxyl groups is 4. The number of nitriles is 1. The van der Waals surface area contributed by atoms with Gasteiger partial charge in [0, 0.05) is 132 Å². The number of fused-ring (bicyclic) bond motifs is 8. The largest absolute Gasteiger partial charge is 0.486 e. The number of aldehydes is 1. The lowest BCUT2D eigenvalue weighted by Crippen LogP contribution is -2.50. The number of alkyl halides is 3. The number of aliphatic hydroxyl groups excluding tert-OH is 4. The summed E-state index contributed by atoms with van der Waals surface area (Å²) in [7, 11) is 0. The molecule has 24 nitrogen and oxygen atoms in total. The number of amides is 1. The van der Waals surface area contributed by atoms with Gasteiger partial charge in [0.2, 0.25) is 12.3 Å². The van der Waals surface area contributed by atoms with E-state index in [0.29, 0.717) is 101 Å². The van der Waals surface area contributed by atoms with Gasteiger partial charge >= 0.3 is 17.9 Å². The number of carbonyl (C=O) groups excluding carboxylic acids is 4. The zero-order valence-corrected chi connectivity index (χ0v) is 64.1. The SMILES string of the molecule is C.CCOC(=O)C(F)C1Cc2cccnc2C1.CCOC(=O)C(O)C1Cc2cccnc2C1.N#CC(O)C1Cc2cccnc2C1.O=C(N[C@H](CN1CCCC1)[C@H](O)c1ccc2c(c1)OCCO2)C(F)C1Cc2cccnc2C1.O=C(O)C(F)C1Cc2cccnc2C1.O=CC1Cc2cccnc2C1.OCC1Cc2cccnc2C1. The van der Waals surface area contributed by atoms with E-state index in [4.69, 9.17) is 29.7 Å². The number of carboxylic acids is 1. The third-order valence-corrected chi connectivity index (χ3v) is 22.0. The van der Waals surface area contributed by atoms with Crippen LogP contribution in [0.25, 0.3) is 0 Å². The highest BCUT2D eigenvalue weighted by molar-refractivity contribution is 5.81. The van der Waals surface area contributed by atoms with Gasteiger partial charge in [0.1, 0.15) is 31.7 Å². The minimum atomic E-state index is -1.77. The predicted octanol–water partition coefficient (Wildman–Crippen LogP) is 8.96. The van der Waals surface area contributed by atoms with Crippen molar-refractivity contribution < 1.29 is 81.6 Å².